The molecule has 1 aliphatic heterocycles. The number of likely N-dealkylation sites (N-methyl/N-ethyl adjacent to an activating group) is 1. The first kappa shape index (κ1) is 31.6. The lowest BCUT2D eigenvalue weighted by molar-refractivity contribution is -0.141. The number of para-hydroxylation sites is 1. The van der Waals surface area contributed by atoms with Crippen molar-refractivity contribution >= 4 is 29.8 Å². The summed E-state index contributed by atoms with van der Waals surface area (Å²) in [4.78, 5) is 49.2. The summed E-state index contributed by atoms with van der Waals surface area (Å²) in [6, 6.07) is 10.5. The Morgan fingerprint density at radius 1 is 1.19 bits per heavy atom. The van der Waals surface area contributed by atoms with Crippen LogP contribution in [-0.2, 0) is 19.2 Å². The number of rotatable bonds is 8. The molecule has 3 rings (SSSR count). The van der Waals surface area contributed by atoms with Gasteiger partial charge in [-0.25, -0.2) is 0 Å². The van der Waals surface area contributed by atoms with Gasteiger partial charge >= 0.3 is 0 Å². The quantitative estimate of drug-likeness (QED) is 0.516. The van der Waals surface area contributed by atoms with Gasteiger partial charge in [0, 0.05) is 26.2 Å². The van der Waals surface area contributed by atoms with Gasteiger partial charge in [-0.05, 0) is 42.7 Å². The van der Waals surface area contributed by atoms with Gasteiger partial charge in [-0.15, -0.1) is 0 Å². The van der Waals surface area contributed by atoms with Crippen molar-refractivity contribution in [2.75, 3.05) is 25.5 Å². The summed E-state index contributed by atoms with van der Waals surface area (Å²) in [5, 5.41) is 14.4. The molecule has 2 fully saturated rings. The smallest absolute Gasteiger partial charge is 0.245 e. The number of hydrogen-bond donors (Lipinski definition) is 2. The summed E-state index contributed by atoms with van der Waals surface area (Å²) in [6.07, 6.45) is 4.13. The van der Waals surface area contributed by atoms with Crippen LogP contribution in [0.4, 0.5) is 5.69 Å². The number of nitrogens with zero attached hydrogens (tertiary/aromatic N) is 3. The van der Waals surface area contributed by atoms with Crippen molar-refractivity contribution in [1.82, 2.24) is 15.1 Å². The molecule has 1 heterocycles. The molecule has 1 aromatic rings. The summed E-state index contributed by atoms with van der Waals surface area (Å²) in [5.41, 5.74) is 0.826. The molecule has 3 unspecified atom stereocenters. The third-order valence-electron chi connectivity index (χ3n) is 5.67. The fraction of sp³-hybridized carbons (Fsp3) is 0.607. The number of carbonyl (C=O) groups is 4. The van der Waals surface area contributed by atoms with Crippen LogP contribution in [-0.4, -0.2) is 66.2 Å². The number of benzene rings is 1. The molecule has 3 atom stereocenters. The van der Waals surface area contributed by atoms with Gasteiger partial charge < -0.3 is 20.4 Å². The van der Waals surface area contributed by atoms with Gasteiger partial charge in [0.2, 0.25) is 24.1 Å². The molecule has 1 aliphatic carbocycles. The van der Waals surface area contributed by atoms with Crippen LogP contribution in [0, 0.1) is 29.1 Å². The van der Waals surface area contributed by atoms with Gasteiger partial charge in [-0.3, -0.25) is 19.2 Å². The Bertz CT molecular complexity index is 908. The molecule has 0 spiro atoms. The van der Waals surface area contributed by atoms with Crippen molar-refractivity contribution in [3.05, 3.63) is 30.3 Å². The lowest BCUT2D eigenvalue weighted by Crippen LogP contribution is -2.50. The molecule has 0 bridgehead atoms. The maximum atomic E-state index is 12.6. The van der Waals surface area contributed by atoms with E-state index in [4.69, 9.17) is 5.26 Å². The highest BCUT2D eigenvalue weighted by atomic mass is 16.2. The van der Waals surface area contributed by atoms with E-state index in [1.165, 1.54) is 11.8 Å². The predicted molar refractivity (Wildman–Crippen MR) is 144 cm³/mol. The maximum Gasteiger partial charge on any atom is 0.245 e. The lowest BCUT2D eigenvalue weighted by Gasteiger charge is -2.27. The Labute approximate surface area is 221 Å². The molecule has 1 saturated carbocycles. The van der Waals surface area contributed by atoms with Crippen LogP contribution in [0.2, 0.25) is 0 Å². The molecular formula is C28H43N5O4. The van der Waals surface area contributed by atoms with Crippen LogP contribution >= 0.6 is 0 Å². The zero-order valence-corrected chi connectivity index (χ0v) is 23.1. The first-order chi connectivity index (χ1) is 17.5. The van der Waals surface area contributed by atoms with Crippen LogP contribution in [0.1, 0.15) is 60.3 Å². The number of nitriles is 1. The van der Waals surface area contributed by atoms with Crippen LogP contribution < -0.4 is 10.6 Å². The molecule has 0 radical (unpaired) electrons. The van der Waals surface area contributed by atoms with Crippen molar-refractivity contribution in [3.8, 4) is 6.07 Å². The van der Waals surface area contributed by atoms with Crippen LogP contribution in [0.15, 0.2) is 30.3 Å². The highest BCUT2D eigenvalue weighted by Crippen LogP contribution is 2.33. The molecule has 2 aliphatic rings. The first-order valence-electron chi connectivity index (χ1n) is 12.9. The van der Waals surface area contributed by atoms with E-state index >= 15 is 0 Å². The minimum atomic E-state index is -0.572. The summed E-state index contributed by atoms with van der Waals surface area (Å²) in [6.45, 7) is 10.4. The van der Waals surface area contributed by atoms with Gasteiger partial charge in [0.05, 0.1) is 12.6 Å². The summed E-state index contributed by atoms with van der Waals surface area (Å²) >= 11 is 0. The molecule has 9 nitrogen and oxygen atoms in total. The van der Waals surface area contributed by atoms with Gasteiger partial charge in [-0.1, -0.05) is 58.7 Å². The number of likely N-dealkylation sites (tertiary alicyclic amines) is 1. The summed E-state index contributed by atoms with van der Waals surface area (Å²) in [7, 11) is 1.57. The molecule has 4 amide bonds. The lowest BCUT2D eigenvalue weighted by atomic mass is 10.1. The molecule has 9 heteroatoms. The van der Waals surface area contributed by atoms with Crippen molar-refractivity contribution in [3.63, 3.8) is 0 Å². The van der Waals surface area contributed by atoms with Crippen molar-refractivity contribution < 1.29 is 19.2 Å². The third kappa shape index (κ3) is 12.9. The topological polar surface area (TPSA) is 123 Å². The predicted octanol–water partition coefficient (Wildman–Crippen LogP) is 3.43. The maximum absolute atomic E-state index is 12.6. The second-order valence-corrected chi connectivity index (χ2v) is 10.5. The molecular weight excluding hydrogens is 470 g/mol. The van der Waals surface area contributed by atoms with E-state index in [-0.39, 0.29) is 24.3 Å². The minimum absolute atomic E-state index is 0.0650. The highest BCUT2D eigenvalue weighted by Gasteiger charge is 2.35. The van der Waals surface area contributed by atoms with E-state index in [1.54, 1.807) is 11.9 Å². The Balaban J connectivity index is 0.000000432. The third-order valence-corrected chi connectivity index (χ3v) is 5.67. The SMILES string of the molecule is CC(=O)NC(CC1CC1)C(=O)N(C)CC(=O)N1CC(C)CC1C#N.CC(C)C.O=CNc1ccccc1. The normalized spacial score (nSPS) is 18.7. The highest BCUT2D eigenvalue weighted by molar-refractivity contribution is 5.90. The summed E-state index contributed by atoms with van der Waals surface area (Å²) < 4.78 is 0. The monoisotopic (exact) mass is 513 g/mol. The number of anilines is 1. The van der Waals surface area contributed by atoms with Gasteiger partial charge in [0.25, 0.3) is 0 Å². The Kier molecular flexibility index (Phi) is 14.0. The Hall–Kier alpha value is -3.41. The molecule has 37 heavy (non-hydrogen) atoms. The van der Waals surface area contributed by atoms with E-state index in [0.717, 1.165) is 24.4 Å². The molecule has 1 aromatic carbocycles. The minimum Gasteiger partial charge on any atom is -0.345 e. The fourth-order valence-corrected chi connectivity index (χ4v) is 3.84. The Morgan fingerprint density at radius 2 is 1.78 bits per heavy atom. The van der Waals surface area contributed by atoms with Gasteiger partial charge in [0.1, 0.15) is 12.1 Å². The molecule has 1 saturated heterocycles. The number of nitrogens with one attached hydrogen (secondary N) is 2. The number of amides is 4. The standard InChI is InChI=1S/C17H26N4O3.C7H7NO.C4H10/c1-11-6-14(8-18)21(9-11)16(23)10-20(3)17(24)15(19-12(2)22)7-13-4-5-13;9-6-8-7-4-2-1-3-5-7;1-4(2)3/h11,13-15H,4-7,9-10H2,1-3H3,(H,19,22);1-6H,(H,8,9);4H,1-3H3. The van der Waals surface area contributed by atoms with Crippen LogP contribution in [0.3, 0.4) is 0 Å². The second-order valence-electron chi connectivity index (χ2n) is 10.5. The van der Waals surface area contributed by atoms with E-state index in [9.17, 15) is 19.2 Å². The average Bonchev–Trinajstić information content (AvgIpc) is 3.56. The van der Waals surface area contributed by atoms with Crippen LogP contribution in [0.25, 0.3) is 0 Å². The van der Waals surface area contributed by atoms with Crippen molar-refractivity contribution in [2.45, 2.75) is 72.4 Å². The first-order valence-corrected chi connectivity index (χ1v) is 12.9. The molecule has 2 N–H and O–H groups in total. The average molecular weight is 514 g/mol. The van der Waals surface area contributed by atoms with E-state index < -0.39 is 12.1 Å². The summed E-state index contributed by atoms with van der Waals surface area (Å²) in [5.74, 6) is 0.909. The Morgan fingerprint density at radius 3 is 2.27 bits per heavy atom. The van der Waals surface area contributed by atoms with Gasteiger partial charge in [0.15, 0.2) is 0 Å². The molecule has 204 valence electrons. The number of hydrogen-bond acceptors (Lipinski definition) is 5. The zero-order valence-electron chi connectivity index (χ0n) is 23.1. The zero-order chi connectivity index (χ0) is 28.0. The van der Waals surface area contributed by atoms with E-state index in [1.807, 2.05) is 37.3 Å². The molecule has 0 aromatic heterocycles. The van der Waals surface area contributed by atoms with E-state index in [2.05, 4.69) is 37.5 Å². The van der Waals surface area contributed by atoms with E-state index in [0.29, 0.717) is 37.6 Å². The van der Waals surface area contributed by atoms with Crippen molar-refractivity contribution in [2.24, 2.45) is 17.8 Å². The second kappa shape index (κ2) is 16.4. The van der Waals surface area contributed by atoms with Crippen LogP contribution in [0.5, 0.6) is 0 Å². The number of carbonyl (C=O) groups excluding carboxylic acids is 4. The van der Waals surface area contributed by atoms with Crippen molar-refractivity contribution in [1.29, 1.82) is 5.26 Å². The van der Waals surface area contributed by atoms with Gasteiger partial charge in [-0.2, -0.15) is 5.26 Å². The fourth-order valence-electron chi connectivity index (χ4n) is 3.84. The largest absolute Gasteiger partial charge is 0.345 e.